The second-order valence-corrected chi connectivity index (χ2v) is 5.45. The molecule has 0 aliphatic rings. The molecule has 0 spiro atoms. The summed E-state index contributed by atoms with van der Waals surface area (Å²) >= 11 is 0. The molecule has 0 atom stereocenters. The van der Waals surface area contributed by atoms with E-state index in [0.29, 0.717) is 0 Å². The summed E-state index contributed by atoms with van der Waals surface area (Å²) in [6.45, 7) is 10.6. The molecule has 0 saturated carbocycles. The maximum absolute atomic E-state index is 9.54. The third-order valence-corrected chi connectivity index (χ3v) is 2.82. The molecule has 0 bridgehead atoms. The summed E-state index contributed by atoms with van der Waals surface area (Å²) in [6.07, 6.45) is 0. The van der Waals surface area contributed by atoms with Crippen molar-refractivity contribution in [1.29, 1.82) is 10.8 Å². The maximum atomic E-state index is 9.54. The molecule has 0 heterocycles. The number of nitrogens with zero attached hydrogens (tertiary/aromatic N) is 4. The van der Waals surface area contributed by atoms with Crippen LogP contribution in [0.3, 0.4) is 0 Å². The van der Waals surface area contributed by atoms with E-state index in [9.17, 15) is 10.4 Å². The second kappa shape index (κ2) is 6.76. The molecule has 0 aliphatic heterocycles. The van der Waals surface area contributed by atoms with Crippen molar-refractivity contribution in [2.45, 2.75) is 52.6 Å². The van der Waals surface area contributed by atoms with E-state index in [-0.39, 0.29) is 24.8 Å². The summed E-state index contributed by atoms with van der Waals surface area (Å²) in [7, 11) is 0. The van der Waals surface area contributed by atoms with Gasteiger partial charge in [0.2, 0.25) is 0 Å². The quantitative estimate of drug-likeness (QED) is 0.259. The van der Waals surface area contributed by atoms with Crippen molar-refractivity contribution in [3.63, 3.8) is 0 Å². The standard InChI is InChI=1S/C12H26N6O2/c1-7-17(19)9(13)11(3,4)15-16-12(5,6)10(14)18(20)8-2/h13-14,19-20H,7-8H2,1-6H3. The third kappa shape index (κ3) is 4.53. The minimum atomic E-state index is -1.02. The molecule has 0 aromatic rings. The van der Waals surface area contributed by atoms with Crippen LogP contribution in [0.2, 0.25) is 0 Å². The van der Waals surface area contributed by atoms with E-state index in [0.717, 1.165) is 10.1 Å². The van der Waals surface area contributed by atoms with Gasteiger partial charge in [-0.2, -0.15) is 10.2 Å². The zero-order valence-electron chi connectivity index (χ0n) is 13.1. The largest absolute Gasteiger partial charge is 0.287 e. The predicted molar refractivity (Wildman–Crippen MR) is 76.8 cm³/mol. The van der Waals surface area contributed by atoms with E-state index in [1.807, 2.05) is 0 Å². The number of nitrogens with one attached hydrogen (secondary N) is 2. The smallest absolute Gasteiger partial charge is 0.150 e. The van der Waals surface area contributed by atoms with Crippen molar-refractivity contribution >= 4 is 11.7 Å². The van der Waals surface area contributed by atoms with Crippen molar-refractivity contribution in [2.24, 2.45) is 10.2 Å². The van der Waals surface area contributed by atoms with Gasteiger partial charge in [-0.3, -0.25) is 21.2 Å². The number of hydrogen-bond acceptors (Lipinski definition) is 6. The highest BCUT2D eigenvalue weighted by Gasteiger charge is 2.31. The second-order valence-electron chi connectivity index (χ2n) is 5.45. The first-order valence-corrected chi connectivity index (χ1v) is 6.54. The number of hydroxylamine groups is 4. The van der Waals surface area contributed by atoms with Crippen molar-refractivity contribution < 1.29 is 10.4 Å². The Morgan fingerprint density at radius 2 is 1.10 bits per heavy atom. The lowest BCUT2D eigenvalue weighted by molar-refractivity contribution is -0.0178. The highest BCUT2D eigenvalue weighted by atomic mass is 16.5. The van der Waals surface area contributed by atoms with E-state index in [2.05, 4.69) is 10.2 Å². The molecule has 116 valence electrons. The fourth-order valence-electron chi connectivity index (χ4n) is 1.29. The number of likely N-dealkylation sites (N-methyl/N-ethyl adjacent to an activating group) is 2. The first-order chi connectivity index (χ1) is 8.99. The molecule has 0 aromatic carbocycles. The van der Waals surface area contributed by atoms with Crippen molar-refractivity contribution in [2.75, 3.05) is 13.1 Å². The van der Waals surface area contributed by atoms with Crippen LogP contribution in [-0.2, 0) is 0 Å². The molecular formula is C12H26N6O2. The summed E-state index contributed by atoms with van der Waals surface area (Å²) < 4.78 is 0. The van der Waals surface area contributed by atoms with Gasteiger partial charge in [-0.1, -0.05) is 0 Å². The minimum absolute atomic E-state index is 0.0811. The van der Waals surface area contributed by atoms with Crippen LogP contribution in [0.15, 0.2) is 10.2 Å². The van der Waals surface area contributed by atoms with Crippen molar-refractivity contribution in [1.82, 2.24) is 10.1 Å². The molecule has 8 heteroatoms. The fraction of sp³-hybridized carbons (Fsp3) is 0.833. The van der Waals surface area contributed by atoms with Crippen LogP contribution in [0.4, 0.5) is 0 Å². The molecule has 8 nitrogen and oxygen atoms in total. The van der Waals surface area contributed by atoms with Crippen molar-refractivity contribution in [3.8, 4) is 0 Å². The zero-order chi connectivity index (χ0) is 16.1. The Labute approximate surface area is 120 Å². The van der Waals surface area contributed by atoms with Crippen LogP contribution in [0.25, 0.3) is 0 Å². The summed E-state index contributed by atoms with van der Waals surface area (Å²) in [4.78, 5) is 0. The van der Waals surface area contributed by atoms with E-state index in [1.54, 1.807) is 41.5 Å². The molecule has 0 saturated heterocycles. The molecule has 0 aliphatic carbocycles. The van der Waals surface area contributed by atoms with Gasteiger partial charge in [0.15, 0.2) is 0 Å². The lowest BCUT2D eigenvalue weighted by Crippen LogP contribution is -2.44. The average Bonchev–Trinajstić information content (AvgIpc) is 2.41. The molecule has 20 heavy (non-hydrogen) atoms. The fourth-order valence-corrected chi connectivity index (χ4v) is 1.29. The molecule has 0 aromatic heterocycles. The summed E-state index contributed by atoms with van der Waals surface area (Å²) in [5.74, 6) is -0.162. The minimum Gasteiger partial charge on any atom is -0.287 e. The Balaban J connectivity index is 5.09. The Kier molecular flexibility index (Phi) is 6.24. The monoisotopic (exact) mass is 286 g/mol. The molecule has 4 N–H and O–H groups in total. The Morgan fingerprint density at radius 3 is 1.30 bits per heavy atom. The van der Waals surface area contributed by atoms with Gasteiger partial charge in [-0.15, -0.1) is 0 Å². The highest BCUT2D eigenvalue weighted by molar-refractivity contribution is 5.88. The van der Waals surface area contributed by atoms with Crippen LogP contribution >= 0.6 is 0 Å². The van der Waals surface area contributed by atoms with Crippen LogP contribution in [0.1, 0.15) is 41.5 Å². The number of azo groups is 1. The van der Waals surface area contributed by atoms with E-state index in [4.69, 9.17) is 10.8 Å². The van der Waals surface area contributed by atoms with Gasteiger partial charge in [0.05, 0.1) is 0 Å². The van der Waals surface area contributed by atoms with E-state index in [1.165, 1.54) is 0 Å². The van der Waals surface area contributed by atoms with Gasteiger partial charge in [0, 0.05) is 13.1 Å². The maximum Gasteiger partial charge on any atom is 0.150 e. The Bertz CT molecular complexity index is 355. The normalized spacial score (nSPS) is 12.6. The zero-order valence-corrected chi connectivity index (χ0v) is 13.1. The first-order valence-electron chi connectivity index (χ1n) is 6.54. The molecule has 0 unspecified atom stereocenters. The van der Waals surface area contributed by atoms with Crippen LogP contribution in [-0.4, -0.2) is 56.4 Å². The molecule has 0 rings (SSSR count). The van der Waals surface area contributed by atoms with Gasteiger partial charge in [0.1, 0.15) is 22.7 Å². The lowest BCUT2D eigenvalue weighted by atomic mass is 10.0. The number of hydrogen-bond donors (Lipinski definition) is 4. The number of rotatable bonds is 6. The first kappa shape index (κ1) is 18.5. The van der Waals surface area contributed by atoms with Gasteiger partial charge in [-0.05, 0) is 41.5 Å². The SMILES string of the molecule is CCN(O)C(=N)C(C)(C)N=NC(C)(C)C(=N)N(O)CC. The van der Waals surface area contributed by atoms with Gasteiger partial charge < -0.3 is 0 Å². The van der Waals surface area contributed by atoms with Gasteiger partial charge >= 0.3 is 0 Å². The third-order valence-electron chi connectivity index (χ3n) is 2.82. The summed E-state index contributed by atoms with van der Waals surface area (Å²) in [5.41, 5.74) is -2.04. The molecular weight excluding hydrogens is 260 g/mol. The van der Waals surface area contributed by atoms with Crippen LogP contribution in [0, 0.1) is 10.8 Å². The van der Waals surface area contributed by atoms with E-state index >= 15 is 0 Å². The molecule has 0 radical (unpaired) electrons. The molecule has 0 fully saturated rings. The predicted octanol–water partition coefficient (Wildman–Crippen LogP) is 2.37. The topological polar surface area (TPSA) is 119 Å². The molecule has 0 amide bonds. The average molecular weight is 286 g/mol. The lowest BCUT2D eigenvalue weighted by Gasteiger charge is -2.29. The Hall–Kier alpha value is -1.54. The van der Waals surface area contributed by atoms with Crippen LogP contribution < -0.4 is 0 Å². The highest BCUT2D eigenvalue weighted by Crippen LogP contribution is 2.19. The van der Waals surface area contributed by atoms with Crippen LogP contribution in [0.5, 0.6) is 0 Å². The summed E-state index contributed by atoms with van der Waals surface area (Å²) in [6, 6.07) is 0. The van der Waals surface area contributed by atoms with Gasteiger partial charge in [-0.25, -0.2) is 10.1 Å². The van der Waals surface area contributed by atoms with Gasteiger partial charge in [0.25, 0.3) is 0 Å². The Morgan fingerprint density at radius 1 is 0.850 bits per heavy atom. The number of amidine groups is 2. The van der Waals surface area contributed by atoms with E-state index < -0.39 is 11.1 Å². The summed E-state index contributed by atoms with van der Waals surface area (Å²) in [5, 5.41) is 44.5. The van der Waals surface area contributed by atoms with Crippen molar-refractivity contribution in [3.05, 3.63) is 0 Å².